The highest BCUT2D eigenvalue weighted by molar-refractivity contribution is 7.92. The molecule has 0 aliphatic carbocycles. The number of ether oxygens (including phenoxy) is 1. The lowest BCUT2D eigenvalue weighted by Crippen LogP contribution is -2.22. The topological polar surface area (TPSA) is 131 Å². The van der Waals surface area contributed by atoms with Gasteiger partial charge in [0, 0.05) is 18.3 Å². The number of esters is 1. The number of benzene rings is 3. The molecule has 35 heavy (non-hydrogen) atoms. The lowest BCUT2D eigenvalue weighted by Gasteiger charge is -2.14. The molecule has 0 aliphatic heterocycles. The number of anilines is 3. The minimum Gasteiger partial charge on any atom is -0.452 e. The third kappa shape index (κ3) is 6.90. The van der Waals surface area contributed by atoms with E-state index in [4.69, 9.17) is 4.74 Å². The first-order chi connectivity index (χ1) is 16.5. The third-order valence-corrected chi connectivity index (χ3v) is 6.36. The smallest absolute Gasteiger partial charge is 0.340 e. The number of rotatable bonds is 8. The number of aryl methyl sites for hydroxylation is 2. The van der Waals surface area contributed by atoms with Crippen molar-refractivity contribution in [1.29, 1.82) is 0 Å². The second kappa shape index (κ2) is 10.8. The molecule has 0 spiro atoms. The molecule has 0 radical (unpaired) electrons. The number of sulfonamides is 1. The predicted octanol–water partition coefficient (Wildman–Crippen LogP) is 3.86. The zero-order chi connectivity index (χ0) is 25.6. The van der Waals surface area contributed by atoms with Crippen molar-refractivity contribution < 1.29 is 27.5 Å². The van der Waals surface area contributed by atoms with Crippen molar-refractivity contribution in [3.8, 4) is 0 Å². The molecule has 9 nitrogen and oxygen atoms in total. The van der Waals surface area contributed by atoms with E-state index in [2.05, 4.69) is 15.4 Å². The maximum atomic E-state index is 13.0. The van der Waals surface area contributed by atoms with Crippen LogP contribution in [0.4, 0.5) is 17.1 Å². The van der Waals surface area contributed by atoms with Crippen molar-refractivity contribution in [3.05, 3.63) is 83.4 Å². The van der Waals surface area contributed by atoms with Crippen molar-refractivity contribution in [2.75, 3.05) is 22.0 Å². The van der Waals surface area contributed by atoms with E-state index in [0.717, 1.165) is 5.56 Å². The van der Waals surface area contributed by atoms with Crippen molar-refractivity contribution in [3.63, 3.8) is 0 Å². The van der Waals surface area contributed by atoms with Gasteiger partial charge in [-0.1, -0.05) is 24.3 Å². The van der Waals surface area contributed by atoms with Crippen LogP contribution < -0.4 is 15.4 Å². The zero-order valence-corrected chi connectivity index (χ0v) is 20.2. The molecule has 0 bridgehead atoms. The van der Waals surface area contributed by atoms with E-state index >= 15 is 0 Å². The average Bonchev–Trinajstić information content (AvgIpc) is 2.80. The predicted molar refractivity (Wildman–Crippen MR) is 133 cm³/mol. The van der Waals surface area contributed by atoms with Crippen molar-refractivity contribution >= 4 is 44.9 Å². The second-order valence-electron chi connectivity index (χ2n) is 7.80. The van der Waals surface area contributed by atoms with Crippen molar-refractivity contribution in [1.82, 2.24) is 0 Å². The number of nitrogens with one attached hydrogen (secondary N) is 3. The van der Waals surface area contributed by atoms with Gasteiger partial charge in [0.15, 0.2) is 6.61 Å². The highest BCUT2D eigenvalue weighted by Crippen LogP contribution is 2.23. The number of carbonyl (C=O) groups is 3. The van der Waals surface area contributed by atoms with Crippen LogP contribution in [0.25, 0.3) is 0 Å². The van der Waals surface area contributed by atoms with Crippen LogP contribution in [0.3, 0.4) is 0 Å². The van der Waals surface area contributed by atoms with Gasteiger partial charge in [0.2, 0.25) is 5.91 Å². The molecular weight excluding hydrogens is 470 g/mol. The standard InChI is InChI=1S/C25H25N3O6S/c1-16-8-9-17(2)23(14-16)35(32,33)28-22-7-5-4-6-21(22)25(31)34-15-24(30)27-20-12-10-19(11-13-20)26-18(3)29/h4-14,28H,15H2,1-3H3,(H,26,29)(H,27,30). The minimum absolute atomic E-state index is 0.0335. The van der Waals surface area contributed by atoms with Gasteiger partial charge < -0.3 is 15.4 Å². The number of para-hydroxylation sites is 1. The zero-order valence-electron chi connectivity index (χ0n) is 19.4. The molecule has 2 amide bonds. The Balaban J connectivity index is 1.66. The quantitative estimate of drug-likeness (QED) is 0.407. The Morgan fingerprint density at radius 2 is 1.49 bits per heavy atom. The van der Waals surface area contributed by atoms with E-state index in [1.807, 2.05) is 6.07 Å². The Hall–Kier alpha value is -4.18. The van der Waals surface area contributed by atoms with Gasteiger partial charge in [0.25, 0.3) is 15.9 Å². The van der Waals surface area contributed by atoms with Crippen molar-refractivity contribution in [2.24, 2.45) is 0 Å². The maximum Gasteiger partial charge on any atom is 0.340 e. The van der Waals surface area contributed by atoms with Crippen LogP contribution >= 0.6 is 0 Å². The van der Waals surface area contributed by atoms with E-state index in [1.54, 1.807) is 62.4 Å². The Morgan fingerprint density at radius 3 is 2.14 bits per heavy atom. The fourth-order valence-electron chi connectivity index (χ4n) is 3.19. The normalized spacial score (nSPS) is 10.8. The fraction of sp³-hybridized carbons (Fsp3) is 0.160. The van der Waals surface area contributed by atoms with Crippen LogP contribution in [-0.4, -0.2) is 32.8 Å². The van der Waals surface area contributed by atoms with Gasteiger partial charge in [-0.3, -0.25) is 14.3 Å². The number of amides is 2. The molecule has 3 aromatic rings. The molecule has 0 heterocycles. The summed E-state index contributed by atoms with van der Waals surface area (Å²) >= 11 is 0. The van der Waals surface area contributed by atoms with Gasteiger partial charge in [0.05, 0.1) is 16.1 Å². The summed E-state index contributed by atoms with van der Waals surface area (Å²) in [6, 6.07) is 17.4. The summed E-state index contributed by atoms with van der Waals surface area (Å²) in [5.74, 6) is -1.66. The summed E-state index contributed by atoms with van der Waals surface area (Å²) < 4.78 is 33.4. The molecule has 0 aromatic heterocycles. The van der Waals surface area contributed by atoms with Gasteiger partial charge in [0.1, 0.15) is 0 Å². The highest BCUT2D eigenvalue weighted by atomic mass is 32.2. The molecule has 3 N–H and O–H groups in total. The molecule has 0 saturated carbocycles. The van der Waals surface area contributed by atoms with Crippen LogP contribution in [0.5, 0.6) is 0 Å². The summed E-state index contributed by atoms with van der Waals surface area (Å²) in [5, 5.41) is 5.19. The molecule has 0 atom stereocenters. The largest absolute Gasteiger partial charge is 0.452 e. The van der Waals surface area contributed by atoms with E-state index < -0.39 is 28.5 Å². The monoisotopic (exact) mass is 495 g/mol. The molecule has 3 rings (SSSR count). The summed E-state index contributed by atoms with van der Waals surface area (Å²) in [6.45, 7) is 4.27. The van der Waals surface area contributed by atoms with Gasteiger partial charge in [-0.25, -0.2) is 13.2 Å². The van der Waals surface area contributed by atoms with E-state index in [-0.39, 0.29) is 22.1 Å². The molecule has 182 valence electrons. The second-order valence-corrected chi connectivity index (χ2v) is 9.45. The van der Waals surface area contributed by atoms with Crippen molar-refractivity contribution in [2.45, 2.75) is 25.7 Å². The fourth-order valence-corrected chi connectivity index (χ4v) is 4.60. The SMILES string of the molecule is CC(=O)Nc1ccc(NC(=O)COC(=O)c2ccccc2NS(=O)(=O)c2cc(C)ccc2C)cc1. The van der Waals surface area contributed by atoms with Crippen LogP contribution in [0.15, 0.2) is 71.6 Å². The third-order valence-electron chi connectivity index (χ3n) is 4.85. The Labute approximate surface area is 203 Å². The molecule has 0 aliphatic rings. The Morgan fingerprint density at radius 1 is 0.857 bits per heavy atom. The van der Waals surface area contributed by atoms with Gasteiger partial charge in [-0.15, -0.1) is 0 Å². The molecule has 0 fully saturated rings. The first kappa shape index (κ1) is 25.4. The van der Waals surface area contributed by atoms with Gasteiger partial charge in [-0.05, 0) is 67.4 Å². The Bertz CT molecular complexity index is 1370. The molecule has 10 heteroatoms. The first-order valence-electron chi connectivity index (χ1n) is 10.6. The first-order valence-corrected chi connectivity index (χ1v) is 12.1. The summed E-state index contributed by atoms with van der Waals surface area (Å²) in [4.78, 5) is 36.0. The number of hydrogen-bond acceptors (Lipinski definition) is 6. The van der Waals surface area contributed by atoms with Crippen LogP contribution in [0.2, 0.25) is 0 Å². The number of hydrogen-bond donors (Lipinski definition) is 3. The Kier molecular flexibility index (Phi) is 7.87. The van der Waals surface area contributed by atoms with E-state index in [0.29, 0.717) is 16.9 Å². The summed E-state index contributed by atoms with van der Waals surface area (Å²) in [5.41, 5.74) is 2.36. The van der Waals surface area contributed by atoms with Gasteiger partial charge in [-0.2, -0.15) is 0 Å². The van der Waals surface area contributed by atoms with Crippen LogP contribution in [0.1, 0.15) is 28.4 Å². The molecule has 3 aromatic carbocycles. The molecular formula is C25H25N3O6S. The van der Waals surface area contributed by atoms with Gasteiger partial charge >= 0.3 is 5.97 Å². The lowest BCUT2D eigenvalue weighted by molar-refractivity contribution is -0.119. The highest BCUT2D eigenvalue weighted by Gasteiger charge is 2.21. The molecule has 0 saturated heterocycles. The lowest BCUT2D eigenvalue weighted by atomic mass is 10.2. The van der Waals surface area contributed by atoms with E-state index in [1.165, 1.54) is 19.1 Å². The summed E-state index contributed by atoms with van der Waals surface area (Å²) in [7, 11) is -3.97. The van der Waals surface area contributed by atoms with Crippen LogP contribution in [-0.2, 0) is 24.3 Å². The van der Waals surface area contributed by atoms with E-state index in [9.17, 15) is 22.8 Å². The van der Waals surface area contributed by atoms with Crippen LogP contribution in [0, 0.1) is 13.8 Å². The minimum atomic E-state index is -3.97. The summed E-state index contributed by atoms with van der Waals surface area (Å²) in [6.07, 6.45) is 0. The average molecular weight is 496 g/mol. The number of carbonyl (C=O) groups excluding carboxylic acids is 3. The molecule has 0 unspecified atom stereocenters. The maximum absolute atomic E-state index is 13.0.